The van der Waals surface area contributed by atoms with Crippen molar-refractivity contribution in [2.75, 3.05) is 0 Å². The first-order valence-electron chi connectivity index (χ1n) is 10.1. The Bertz CT molecular complexity index is 986. The topological polar surface area (TPSA) is 32.6 Å². The van der Waals surface area contributed by atoms with Crippen molar-refractivity contribution in [1.29, 1.82) is 0 Å². The highest BCUT2D eigenvalue weighted by molar-refractivity contribution is 5.89. The first kappa shape index (κ1) is 20.9. The molecular weight excluding hydrogens is 354 g/mol. The number of aromatic hydroxyl groups is 1. The Morgan fingerprint density at radius 3 is 1.86 bits per heavy atom. The zero-order chi connectivity index (χ0) is 21.2. The predicted molar refractivity (Wildman–Crippen MR) is 125 cm³/mol. The molecule has 0 aliphatic rings. The van der Waals surface area contributed by atoms with E-state index in [9.17, 15) is 5.11 Å². The maximum absolute atomic E-state index is 10.8. The SMILES string of the molecule is CC(C)(C)c1cc(N=Cc2cccc(-c3ccccc3)c2O)cc(C(C)(C)C)c1. The summed E-state index contributed by atoms with van der Waals surface area (Å²) < 4.78 is 0. The number of hydrogen-bond acceptors (Lipinski definition) is 2. The Labute approximate surface area is 175 Å². The third-order valence-corrected chi connectivity index (χ3v) is 5.15. The highest BCUT2D eigenvalue weighted by Gasteiger charge is 2.20. The molecule has 0 aromatic heterocycles. The number of aliphatic imine (C=N–C) groups is 1. The van der Waals surface area contributed by atoms with Crippen LogP contribution in [-0.4, -0.2) is 11.3 Å². The van der Waals surface area contributed by atoms with Gasteiger partial charge in [-0.25, -0.2) is 0 Å². The summed E-state index contributed by atoms with van der Waals surface area (Å²) in [5.74, 6) is 0.255. The van der Waals surface area contributed by atoms with E-state index in [0.717, 1.165) is 16.8 Å². The lowest BCUT2D eigenvalue weighted by Crippen LogP contribution is -2.16. The van der Waals surface area contributed by atoms with Crippen LogP contribution in [-0.2, 0) is 10.8 Å². The number of phenolic OH excluding ortho intramolecular Hbond substituents is 1. The standard InChI is InChI=1S/C27H31NO/c1-26(2,3)21-15-22(27(4,5)6)17-23(16-21)28-18-20-13-10-14-24(25(20)29)19-11-8-7-9-12-19/h7-18,29H,1-6H3. The summed E-state index contributed by atoms with van der Waals surface area (Å²) in [6.45, 7) is 13.3. The van der Waals surface area contributed by atoms with Crippen LogP contribution in [0, 0.1) is 0 Å². The van der Waals surface area contributed by atoms with Crippen LogP contribution in [0.25, 0.3) is 11.1 Å². The summed E-state index contributed by atoms with van der Waals surface area (Å²) in [5.41, 5.74) is 6.04. The van der Waals surface area contributed by atoms with Gasteiger partial charge in [0.05, 0.1) is 5.69 Å². The van der Waals surface area contributed by atoms with Crippen LogP contribution in [0.2, 0.25) is 0 Å². The maximum atomic E-state index is 10.8. The van der Waals surface area contributed by atoms with Gasteiger partial charge in [0.2, 0.25) is 0 Å². The van der Waals surface area contributed by atoms with Gasteiger partial charge in [-0.3, -0.25) is 4.99 Å². The van der Waals surface area contributed by atoms with Crippen molar-refractivity contribution >= 4 is 11.9 Å². The smallest absolute Gasteiger partial charge is 0.132 e. The summed E-state index contributed by atoms with van der Waals surface area (Å²) in [5, 5.41) is 10.8. The average molecular weight is 386 g/mol. The first-order valence-corrected chi connectivity index (χ1v) is 10.1. The Kier molecular flexibility index (Phi) is 5.66. The van der Waals surface area contributed by atoms with Gasteiger partial charge < -0.3 is 5.11 Å². The number of benzene rings is 3. The van der Waals surface area contributed by atoms with Crippen LogP contribution in [0.15, 0.2) is 71.7 Å². The van der Waals surface area contributed by atoms with Gasteiger partial charge in [-0.2, -0.15) is 0 Å². The molecule has 0 radical (unpaired) electrons. The molecule has 0 bridgehead atoms. The number of rotatable bonds is 3. The molecule has 2 heteroatoms. The third kappa shape index (κ3) is 4.95. The lowest BCUT2D eigenvalue weighted by atomic mass is 9.80. The van der Waals surface area contributed by atoms with E-state index in [0.29, 0.717) is 5.56 Å². The van der Waals surface area contributed by atoms with E-state index in [-0.39, 0.29) is 16.6 Å². The Balaban J connectivity index is 2.02. The van der Waals surface area contributed by atoms with Gasteiger partial charge in [0, 0.05) is 17.3 Å². The van der Waals surface area contributed by atoms with E-state index in [2.05, 4.69) is 59.7 Å². The second-order valence-corrected chi connectivity index (χ2v) is 9.64. The lowest BCUT2D eigenvalue weighted by molar-refractivity contribution is 0.476. The van der Waals surface area contributed by atoms with Crippen molar-refractivity contribution in [2.24, 2.45) is 4.99 Å². The van der Waals surface area contributed by atoms with Gasteiger partial charge in [-0.15, -0.1) is 0 Å². The second kappa shape index (κ2) is 7.87. The molecule has 0 saturated carbocycles. The largest absolute Gasteiger partial charge is 0.507 e. The molecule has 0 aliphatic carbocycles. The van der Waals surface area contributed by atoms with E-state index in [1.807, 2.05) is 48.5 Å². The zero-order valence-electron chi connectivity index (χ0n) is 18.3. The van der Waals surface area contributed by atoms with E-state index in [1.165, 1.54) is 11.1 Å². The second-order valence-electron chi connectivity index (χ2n) is 9.64. The van der Waals surface area contributed by atoms with Crippen LogP contribution in [0.1, 0.15) is 58.2 Å². The van der Waals surface area contributed by atoms with Gasteiger partial charge in [-0.1, -0.05) is 90.1 Å². The molecule has 3 rings (SSSR count). The van der Waals surface area contributed by atoms with Crippen molar-refractivity contribution in [1.82, 2.24) is 0 Å². The fourth-order valence-electron chi connectivity index (χ4n) is 3.21. The summed E-state index contributed by atoms with van der Waals surface area (Å²) in [4.78, 5) is 4.74. The third-order valence-electron chi connectivity index (χ3n) is 5.15. The van der Waals surface area contributed by atoms with E-state index >= 15 is 0 Å². The lowest BCUT2D eigenvalue weighted by Gasteiger charge is -2.25. The van der Waals surface area contributed by atoms with Gasteiger partial charge in [-0.05, 0) is 45.7 Å². The van der Waals surface area contributed by atoms with Gasteiger partial charge in [0.1, 0.15) is 5.75 Å². The molecular formula is C27H31NO. The molecule has 0 amide bonds. The van der Waals surface area contributed by atoms with Crippen LogP contribution in [0.3, 0.4) is 0 Å². The van der Waals surface area contributed by atoms with E-state index < -0.39 is 0 Å². The minimum atomic E-state index is 0.0426. The summed E-state index contributed by atoms with van der Waals surface area (Å²) in [6, 6.07) is 22.3. The van der Waals surface area contributed by atoms with Crippen LogP contribution in [0.4, 0.5) is 5.69 Å². The normalized spacial score (nSPS) is 12.5. The maximum Gasteiger partial charge on any atom is 0.132 e. The van der Waals surface area contributed by atoms with Crippen molar-refractivity contribution in [3.8, 4) is 16.9 Å². The van der Waals surface area contributed by atoms with Crippen molar-refractivity contribution in [3.63, 3.8) is 0 Å². The number of para-hydroxylation sites is 1. The molecule has 0 fully saturated rings. The molecule has 150 valence electrons. The minimum Gasteiger partial charge on any atom is -0.507 e. The highest BCUT2D eigenvalue weighted by Crippen LogP contribution is 2.34. The average Bonchev–Trinajstić information content (AvgIpc) is 2.66. The Morgan fingerprint density at radius 2 is 1.31 bits per heavy atom. The molecule has 0 atom stereocenters. The van der Waals surface area contributed by atoms with E-state index in [1.54, 1.807) is 6.21 Å². The first-order chi connectivity index (χ1) is 13.6. The molecule has 0 saturated heterocycles. The number of phenols is 1. The molecule has 3 aromatic rings. The quantitative estimate of drug-likeness (QED) is 0.468. The zero-order valence-corrected chi connectivity index (χ0v) is 18.3. The monoisotopic (exact) mass is 385 g/mol. The molecule has 2 nitrogen and oxygen atoms in total. The van der Waals surface area contributed by atoms with Gasteiger partial charge in [0.15, 0.2) is 0 Å². The molecule has 0 unspecified atom stereocenters. The summed E-state index contributed by atoms with van der Waals surface area (Å²) in [6.07, 6.45) is 1.76. The van der Waals surface area contributed by atoms with Crippen molar-refractivity contribution in [3.05, 3.63) is 83.4 Å². The number of hydrogen-bond donors (Lipinski definition) is 1. The Morgan fingerprint density at radius 1 is 0.724 bits per heavy atom. The molecule has 0 aliphatic heterocycles. The molecule has 1 N–H and O–H groups in total. The van der Waals surface area contributed by atoms with Crippen LogP contribution < -0.4 is 0 Å². The fourth-order valence-corrected chi connectivity index (χ4v) is 3.21. The summed E-state index contributed by atoms with van der Waals surface area (Å²) >= 11 is 0. The van der Waals surface area contributed by atoms with Gasteiger partial charge >= 0.3 is 0 Å². The minimum absolute atomic E-state index is 0.0426. The van der Waals surface area contributed by atoms with Crippen molar-refractivity contribution in [2.45, 2.75) is 52.4 Å². The number of nitrogens with zero attached hydrogens (tertiary/aromatic N) is 1. The molecule has 0 spiro atoms. The van der Waals surface area contributed by atoms with Gasteiger partial charge in [0.25, 0.3) is 0 Å². The summed E-state index contributed by atoms with van der Waals surface area (Å²) in [7, 11) is 0. The van der Waals surface area contributed by atoms with Crippen LogP contribution in [0.5, 0.6) is 5.75 Å². The molecule has 0 heterocycles. The Hall–Kier alpha value is -2.87. The van der Waals surface area contributed by atoms with Crippen molar-refractivity contribution < 1.29 is 5.11 Å². The molecule has 29 heavy (non-hydrogen) atoms. The van der Waals surface area contributed by atoms with Crippen LogP contribution >= 0.6 is 0 Å². The van der Waals surface area contributed by atoms with E-state index in [4.69, 9.17) is 4.99 Å². The fraction of sp³-hybridized carbons (Fsp3) is 0.296. The molecule has 3 aromatic carbocycles. The highest BCUT2D eigenvalue weighted by atomic mass is 16.3. The predicted octanol–water partition coefficient (Wildman–Crippen LogP) is 7.40.